The van der Waals surface area contributed by atoms with E-state index in [1.54, 1.807) is 13.2 Å². The van der Waals surface area contributed by atoms with E-state index in [4.69, 9.17) is 4.74 Å². The maximum atomic E-state index is 13.3. The minimum Gasteiger partial charge on any atom is -0.497 e. The molecular weight excluding hydrogens is 457 g/mol. The Morgan fingerprint density at radius 3 is 2.24 bits per heavy atom. The molecule has 0 bridgehead atoms. The molecule has 0 unspecified atom stereocenters. The van der Waals surface area contributed by atoms with E-state index in [0.29, 0.717) is 11.5 Å². The van der Waals surface area contributed by atoms with Crippen LogP contribution in [0.5, 0.6) is 5.75 Å². The standard InChI is InChI=1S/C22H21F3N4O3S/c1-32-17-8-6-16(7-9-17)19-14-21(27-15-26-19)28-10-12-29(13-11-28)33(30,31)20-5-3-2-4-18(20)22(23,24)25/h2-9,14-15H,10-13H2,1H3. The molecule has 0 atom stereocenters. The largest absolute Gasteiger partial charge is 0.497 e. The fourth-order valence-corrected chi connectivity index (χ4v) is 5.30. The van der Waals surface area contributed by atoms with Crippen LogP contribution < -0.4 is 9.64 Å². The van der Waals surface area contributed by atoms with Crippen molar-refractivity contribution in [3.05, 3.63) is 66.5 Å². The van der Waals surface area contributed by atoms with Crippen molar-refractivity contribution in [2.24, 2.45) is 0 Å². The predicted octanol–water partition coefficient (Wildman–Crippen LogP) is 3.68. The molecule has 0 amide bonds. The van der Waals surface area contributed by atoms with E-state index in [1.165, 1.54) is 18.5 Å². The number of anilines is 1. The highest BCUT2D eigenvalue weighted by Gasteiger charge is 2.39. The number of ether oxygens (including phenoxy) is 1. The highest BCUT2D eigenvalue weighted by molar-refractivity contribution is 7.89. The van der Waals surface area contributed by atoms with E-state index in [0.717, 1.165) is 27.8 Å². The SMILES string of the molecule is COc1ccc(-c2cc(N3CCN(S(=O)(=O)c4ccccc4C(F)(F)F)CC3)ncn2)cc1. The Labute approximate surface area is 189 Å². The predicted molar refractivity (Wildman–Crippen MR) is 116 cm³/mol. The molecule has 0 radical (unpaired) electrons. The second-order valence-electron chi connectivity index (χ2n) is 7.37. The number of hydrogen-bond acceptors (Lipinski definition) is 6. The summed E-state index contributed by atoms with van der Waals surface area (Å²) >= 11 is 0. The van der Waals surface area contributed by atoms with Crippen LogP contribution in [0.2, 0.25) is 0 Å². The number of rotatable bonds is 5. The number of nitrogens with zero attached hydrogens (tertiary/aromatic N) is 4. The number of hydrogen-bond donors (Lipinski definition) is 0. The second kappa shape index (κ2) is 8.99. The maximum Gasteiger partial charge on any atom is 0.417 e. The molecule has 1 aliphatic heterocycles. The second-order valence-corrected chi connectivity index (χ2v) is 9.28. The summed E-state index contributed by atoms with van der Waals surface area (Å²) in [7, 11) is -2.71. The number of methoxy groups -OCH3 is 1. The topological polar surface area (TPSA) is 75.6 Å². The number of aromatic nitrogens is 2. The van der Waals surface area contributed by atoms with Crippen LogP contribution >= 0.6 is 0 Å². The summed E-state index contributed by atoms with van der Waals surface area (Å²) < 4.78 is 72.2. The van der Waals surface area contributed by atoms with Gasteiger partial charge in [-0.05, 0) is 36.4 Å². The van der Waals surface area contributed by atoms with Crippen LogP contribution in [0.4, 0.5) is 19.0 Å². The molecule has 7 nitrogen and oxygen atoms in total. The highest BCUT2D eigenvalue weighted by Crippen LogP contribution is 2.35. The highest BCUT2D eigenvalue weighted by atomic mass is 32.2. The Bertz CT molecular complexity index is 1230. The first-order valence-corrected chi connectivity index (χ1v) is 11.5. The van der Waals surface area contributed by atoms with Gasteiger partial charge in [0.05, 0.1) is 23.3 Å². The van der Waals surface area contributed by atoms with Crippen LogP contribution in [-0.4, -0.2) is 56.0 Å². The first-order chi connectivity index (χ1) is 15.7. The summed E-state index contributed by atoms with van der Waals surface area (Å²) in [6.07, 6.45) is -3.33. The van der Waals surface area contributed by atoms with Crippen molar-refractivity contribution in [1.82, 2.24) is 14.3 Å². The van der Waals surface area contributed by atoms with Crippen molar-refractivity contribution in [2.45, 2.75) is 11.1 Å². The minimum absolute atomic E-state index is 0.0381. The van der Waals surface area contributed by atoms with Crippen molar-refractivity contribution in [1.29, 1.82) is 0 Å². The lowest BCUT2D eigenvalue weighted by molar-refractivity contribution is -0.139. The van der Waals surface area contributed by atoms with Crippen LogP contribution in [0, 0.1) is 0 Å². The molecule has 1 fully saturated rings. The Morgan fingerprint density at radius 1 is 0.939 bits per heavy atom. The van der Waals surface area contributed by atoms with Gasteiger partial charge in [-0.2, -0.15) is 17.5 Å². The van der Waals surface area contributed by atoms with Crippen molar-refractivity contribution in [3.8, 4) is 17.0 Å². The summed E-state index contributed by atoms with van der Waals surface area (Å²) in [5.41, 5.74) is 0.397. The normalized spacial score (nSPS) is 15.5. The zero-order valence-corrected chi connectivity index (χ0v) is 18.5. The Balaban J connectivity index is 1.51. The van der Waals surface area contributed by atoms with Crippen LogP contribution in [0.1, 0.15) is 5.56 Å². The van der Waals surface area contributed by atoms with Crippen molar-refractivity contribution in [3.63, 3.8) is 0 Å². The summed E-state index contributed by atoms with van der Waals surface area (Å²) in [6.45, 7) is 0.645. The van der Waals surface area contributed by atoms with E-state index in [2.05, 4.69) is 9.97 Å². The van der Waals surface area contributed by atoms with Crippen LogP contribution in [0.3, 0.4) is 0 Å². The Hall–Kier alpha value is -3.18. The molecule has 3 aromatic rings. The summed E-state index contributed by atoms with van der Waals surface area (Å²) in [5.74, 6) is 1.33. The lowest BCUT2D eigenvalue weighted by atomic mass is 10.1. The third kappa shape index (κ3) is 4.79. The van der Waals surface area contributed by atoms with Crippen LogP contribution in [0.15, 0.2) is 65.8 Å². The van der Waals surface area contributed by atoms with E-state index >= 15 is 0 Å². The third-order valence-corrected chi connectivity index (χ3v) is 7.37. The molecule has 1 aromatic heterocycles. The van der Waals surface area contributed by atoms with Crippen molar-refractivity contribution >= 4 is 15.8 Å². The van der Waals surface area contributed by atoms with Gasteiger partial charge in [-0.3, -0.25) is 0 Å². The number of piperazine rings is 1. The van der Waals surface area contributed by atoms with Crippen molar-refractivity contribution < 1.29 is 26.3 Å². The maximum absolute atomic E-state index is 13.3. The van der Waals surface area contributed by atoms with Gasteiger partial charge in [0.2, 0.25) is 10.0 Å². The first kappa shape index (κ1) is 23.0. The van der Waals surface area contributed by atoms with Gasteiger partial charge in [0.25, 0.3) is 0 Å². The molecular formula is C22H21F3N4O3S. The van der Waals surface area contributed by atoms with Gasteiger partial charge in [-0.25, -0.2) is 18.4 Å². The Kier molecular flexibility index (Phi) is 6.26. The zero-order chi connectivity index (χ0) is 23.6. The van der Waals surface area contributed by atoms with Crippen molar-refractivity contribution in [2.75, 3.05) is 38.2 Å². The average molecular weight is 478 g/mol. The van der Waals surface area contributed by atoms with Gasteiger partial charge >= 0.3 is 6.18 Å². The number of benzene rings is 2. The molecule has 0 aliphatic carbocycles. The molecule has 1 saturated heterocycles. The third-order valence-electron chi connectivity index (χ3n) is 5.41. The van der Waals surface area contributed by atoms with E-state index in [-0.39, 0.29) is 26.2 Å². The van der Waals surface area contributed by atoms with E-state index in [9.17, 15) is 21.6 Å². The van der Waals surface area contributed by atoms with Gasteiger partial charge in [0.1, 0.15) is 17.9 Å². The summed E-state index contributed by atoms with van der Waals surface area (Å²) in [6, 6.07) is 13.4. The van der Waals surface area contributed by atoms with Crippen LogP contribution in [-0.2, 0) is 16.2 Å². The molecule has 33 heavy (non-hydrogen) atoms. The van der Waals surface area contributed by atoms with E-state index in [1.807, 2.05) is 29.2 Å². The van der Waals surface area contributed by atoms with Gasteiger partial charge in [0.15, 0.2) is 0 Å². The molecule has 1 aliphatic rings. The minimum atomic E-state index is -4.76. The lowest BCUT2D eigenvalue weighted by Gasteiger charge is -2.35. The summed E-state index contributed by atoms with van der Waals surface area (Å²) in [5, 5.41) is 0. The quantitative estimate of drug-likeness (QED) is 0.557. The fourth-order valence-electron chi connectivity index (χ4n) is 3.66. The zero-order valence-electron chi connectivity index (χ0n) is 17.7. The molecule has 0 N–H and O–H groups in total. The lowest BCUT2D eigenvalue weighted by Crippen LogP contribution is -2.49. The number of sulfonamides is 1. The Morgan fingerprint density at radius 2 is 1.61 bits per heavy atom. The van der Waals surface area contributed by atoms with Gasteiger partial charge < -0.3 is 9.64 Å². The monoisotopic (exact) mass is 478 g/mol. The average Bonchev–Trinajstić information content (AvgIpc) is 2.84. The van der Waals surface area contributed by atoms with E-state index < -0.39 is 26.7 Å². The molecule has 2 aromatic carbocycles. The molecule has 2 heterocycles. The van der Waals surface area contributed by atoms with Gasteiger partial charge in [-0.1, -0.05) is 12.1 Å². The van der Waals surface area contributed by atoms with Crippen LogP contribution in [0.25, 0.3) is 11.3 Å². The molecule has 0 spiro atoms. The summed E-state index contributed by atoms with van der Waals surface area (Å²) in [4.78, 5) is 9.74. The molecule has 0 saturated carbocycles. The number of halogens is 3. The van der Waals surface area contributed by atoms with Gasteiger partial charge in [0, 0.05) is 37.8 Å². The fraction of sp³-hybridized carbons (Fsp3) is 0.273. The smallest absolute Gasteiger partial charge is 0.417 e. The molecule has 4 rings (SSSR count). The number of alkyl halides is 3. The molecule has 174 valence electrons. The van der Waals surface area contributed by atoms with Gasteiger partial charge in [-0.15, -0.1) is 0 Å². The first-order valence-electron chi connectivity index (χ1n) is 10.1. The molecule has 11 heteroatoms.